The minimum Gasteiger partial charge on any atom is -0.377 e. The monoisotopic (exact) mass is 429 g/mol. The van der Waals surface area contributed by atoms with Gasteiger partial charge in [0.05, 0.1) is 13.2 Å². The lowest BCUT2D eigenvalue weighted by Gasteiger charge is -2.02. The summed E-state index contributed by atoms with van der Waals surface area (Å²) in [4.78, 5) is 0. The van der Waals surface area contributed by atoms with E-state index in [0.29, 0.717) is 0 Å². The van der Waals surface area contributed by atoms with Crippen LogP contribution >= 0.6 is 45.4 Å². The maximum absolute atomic E-state index is 4.50. The third kappa shape index (κ3) is 3.65. The second-order valence-corrected chi connectivity index (χ2v) is 6.51. The van der Waals surface area contributed by atoms with Gasteiger partial charge in [0.25, 0.3) is 0 Å². The highest BCUT2D eigenvalue weighted by Gasteiger charge is 2.09. The van der Waals surface area contributed by atoms with Gasteiger partial charge in [-0.2, -0.15) is 13.5 Å². The molecule has 5 heteroatoms. The Morgan fingerprint density at radius 1 is 0.952 bits per heavy atom. The fourth-order valence-corrected chi connectivity index (χ4v) is 3.11. The van der Waals surface area contributed by atoms with Crippen molar-refractivity contribution < 1.29 is 4.74 Å². The molecule has 0 spiro atoms. The highest BCUT2D eigenvalue weighted by molar-refractivity contribution is 9.10. The minimum absolute atomic E-state index is 0. The van der Waals surface area contributed by atoms with E-state index in [1.54, 1.807) is 0 Å². The molecule has 0 saturated carbocycles. The van der Waals surface area contributed by atoms with Gasteiger partial charge in [-0.3, -0.25) is 0 Å². The predicted molar refractivity (Wildman–Crippen MR) is 102 cm³/mol. The Labute approximate surface area is 148 Å². The molecule has 4 rings (SSSR count). The summed E-state index contributed by atoms with van der Waals surface area (Å²) in [5.41, 5.74) is 2.59. The average Bonchev–Trinajstić information content (AvgIpc) is 3.28. The Kier molecular flexibility index (Phi) is 5.77. The Balaban J connectivity index is 0.000000361. The van der Waals surface area contributed by atoms with Crippen LogP contribution < -0.4 is 0 Å². The van der Waals surface area contributed by atoms with Gasteiger partial charge in [0.1, 0.15) is 0 Å². The van der Waals surface area contributed by atoms with E-state index >= 15 is 0 Å². The molecule has 0 radical (unpaired) electrons. The van der Waals surface area contributed by atoms with Crippen LogP contribution in [-0.4, -0.2) is 17.8 Å². The number of rotatable bonds is 1. The number of halogens is 2. The summed E-state index contributed by atoms with van der Waals surface area (Å²) >= 11 is 7.09. The summed E-state index contributed by atoms with van der Waals surface area (Å²) in [7, 11) is 0. The molecule has 0 amide bonds. The number of hydrogen-bond donors (Lipinski definition) is 0. The highest BCUT2D eigenvalue weighted by Crippen LogP contribution is 2.32. The van der Waals surface area contributed by atoms with Crippen LogP contribution in [0.15, 0.2) is 45.3 Å². The van der Waals surface area contributed by atoms with Gasteiger partial charge in [0.2, 0.25) is 0 Å². The van der Waals surface area contributed by atoms with Crippen molar-refractivity contribution in [2.24, 2.45) is 0 Å². The Morgan fingerprint density at radius 3 is 1.71 bits per heavy atom. The molecule has 112 valence electrons. The van der Waals surface area contributed by atoms with E-state index in [9.17, 15) is 0 Å². The molecule has 1 aliphatic rings. The van der Waals surface area contributed by atoms with Gasteiger partial charge in [0, 0.05) is 37.3 Å². The van der Waals surface area contributed by atoms with Crippen LogP contribution in [0.25, 0.3) is 21.8 Å². The number of epoxide rings is 1. The minimum atomic E-state index is 0. The van der Waals surface area contributed by atoms with Gasteiger partial charge in [-0.05, 0) is 43.3 Å². The first kappa shape index (κ1) is 16.9. The normalized spacial score (nSPS) is 12.7. The smallest absolute Gasteiger partial charge is 0.0701 e. The molecule has 0 unspecified atom stereocenters. The standard InChI is InChI=1S/C14H11Br2N.C2H4O.H2S/c1-2-17-13-5-3-9(15)7-11(13)12-8-10(16)4-6-14(12)17;1-2-3-1;/h3-8H,2H2,1H3;1-2H2;1H2. The number of nitrogens with zero attached hydrogens (tertiary/aromatic N) is 1. The first-order valence-corrected chi connectivity index (χ1v) is 8.24. The van der Waals surface area contributed by atoms with Crippen LogP contribution in [0.3, 0.4) is 0 Å². The SMILES string of the molecule is C1CO1.CCn1c2ccc(Br)cc2c2cc(Br)ccc21.S. The van der Waals surface area contributed by atoms with Crippen molar-refractivity contribution in [3.8, 4) is 0 Å². The van der Waals surface area contributed by atoms with Gasteiger partial charge < -0.3 is 9.30 Å². The third-order valence-corrected chi connectivity index (χ3v) is 4.30. The zero-order valence-corrected chi connectivity index (χ0v) is 15.9. The molecule has 2 heterocycles. The fourth-order valence-electron chi connectivity index (χ4n) is 2.39. The van der Waals surface area contributed by atoms with Crippen LogP contribution in [0, 0.1) is 0 Å². The van der Waals surface area contributed by atoms with Crippen molar-refractivity contribution in [2.45, 2.75) is 13.5 Å². The van der Waals surface area contributed by atoms with Gasteiger partial charge >= 0.3 is 0 Å². The van der Waals surface area contributed by atoms with Gasteiger partial charge in [-0.25, -0.2) is 0 Å². The Morgan fingerprint density at radius 2 is 1.38 bits per heavy atom. The lowest BCUT2D eigenvalue weighted by atomic mass is 10.2. The number of benzene rings is 2. The third-order valence-electron chi connectivity index (χ3n) is 3.31. The molecule has 1 saturated heterocycles. The zero-order valence-electron chi connectivity index (χ0n) is 11.7. The molecule has 1 aliphatic heterocycles. The van der Waals surface area contributed by atoms with Gasteiger partial charge in [0.15, 0.2) is 0 Å². The second-order valence-electron chi connectivity index (χ2n) is 4.68. The van der Waals surface area contributed by atoms with Crippen molar-refractivity contribution in [3.05, 3.63) is 45.3 Å². The number of aryl methyl sites for hydroxylation is 1. The largest absolute Gasteiger partial charge is 0.377 e. The Bertz CT molecular complexity index is 706. The van der Waals surface area contributed by atoms with Gasteiger partial charge in [-0.1, -0.05) is 31.9 Å². The maximum Gasteiger partial charge on any atom is 0.0701 e. The number of hydrogen-bond acceptors (Lipinski definition) is 1. The predicted octanol–water partition coefficient (Wildman–Crippen LogP) is 5.47. The molecule has 2 nitrogen and oxygen atoms in total. The summed E-state index contributed by atoms with van der Waals surface area (Å²) in [6.07, 6.45) is 0. The van der Waals surface area contributed by atoms with Crippen molar-refractivity contribution in [2.75, 3.05) is 13.2 Å². The molecule has 0 N–H and O–H groups in total. The first-order chi connectivity index (χ1) is 9.70. The van der Waals surface area contributed by atoms with E-state index in [0.717, 1.165) is 28.7 Å². The lowest BCUT2D eigenvalue weighted by Crippen LogP contribution is -1.92. The van der Waals surface area contributed by atoms with Crippen molar-refractivity contribution in [1.29, 1.82) is 0 Å². The Hall–Kier alpha value is -0.490. The van der Waals surface area contributed by atoms with Crippen LogP contribution in [0.5, 0.6) is 0 Å². The van der Waals surface area contributed by atoms with E-state index in [-0.39, 0.29) is 13.5 Å². The number of ether oxygens (including phenoxy) is 1. The second kappa shape index (κ2) is 7.18. The molecular formula is C16H17Br2NOS. The quantitative estimate of drug-likeness (QED) is 0.468. The van der Waals surface area contributed by atoms with Crippen LogP contribution in [0.1, 0.15) is 6.92 Å². The molecule has 2 aromatic carbocycles. The first-order valence-electron chi connectivity index (χ1n) is 6.65. The summed E-state index contributed by atoms with van der Waals surface area (Å²) in [5, 5.41) is 2.61. The molecule has 1 aromatic heterocycles. The van der Waals surface area contributed by atoms with E-state index in [4.69, 9.17) is 0 Å². The van der Waals surface area contributed by atoms with Crippen LogP contribution in [0.2, 0.25) is 0 Å². The van der Waals surface area contributed by atoms with E-state index in [1.807, 2.05) is 0 Å². The van der Waals surface area contributed by atoms with Crippen molar-refractivity contribution in [1.82, 2.24) is 4.57 Å². The topological polar surface area (TPSA) is 17.5 Å². The zero-order chi connectivity index (χ0) is 14.1. The van der Waals surface area contributed by atoms with Gasteiger partial charge in [-0.15, -0.1) is 0 Å². The molecule has 3 aromatic rings. The lowest BCUT2D eigenvalue weighted by molar-refractivity contribution is 0.475. The van der Waals surface area contributed by atoms with E-state index < -0.39 is 0 Å². The molecule has 0 bridgehead atoms. The average molecular weight is 431 g/mol. The summed E-state index contributed by atoms with van der Waals surface area (Å²) < 4.78 is 9.10. The summed E-state index contributed by atoms with van der Waals surface area (Å²) in [6, 6.07) is 12.9. The fraction of sp³-hybridized carbons (Fsp3) is 0.250. The summed E-state index contributed by atoms with van der Waals surface area (Å²) in [6.45, 7) is 5.17. The molecule has 21 heavy (non-hydrogen) atoms. The van der Waals surface area contributed by atoms with Crippen molar-refractivity contribution in [3.63, 3.8) is 0 Å². The van der Waals surface area contributed by atoms with E-state index in [2.05, 4.69) is 84.5 Å². The van der Waals surface area contributed by atoms with Crippen LogP contribution in [-0.2, 0) is 11.3 Å². The molecular weight excluding hydrogens is 414 g/mol. The van der Waals surface area contributed by atoms with Crippen molar-refractivity contribution >= 4 is 67.2 Å². The molecule has 0 aliphatic carbocycles. The molecule has 0 atom stereocenters. The number of fused-ring (bicyclic) bond motifs is 3. The number of aromatic nitrogens is 1. The summed E-state index contributed by atoms with van der Waals surface area (Å²) in [5.74, 6) is 0. The highest BCUT2D eigenvalue weighted by atomic mass is 79.9. The van der Waals surface area contributed by atoms with Crippen LogP contribution in [0.4, 0.5) is 0 Å². The maximum atomic E-state index is 4.50. The van der Waals surface area contributed by atoms with E-state index in [1.165, 1.54) is 21.8 Å². The molecule has 1 fully saturated rings.